The molecule has 5 nitrogen and oxygen atoms in total. The van der Waals surface area contributed by atoms with Crippen molar-refractivity contribution in [2.45, 2.75) is 58.2 Å². The van der Waals surface area contributed by atoms with Crippen LogP contribution in [-0.4, -0.2) is 39.2 Å². The van der Waals surface area contributed by atoms with Crippen molar-refractivity contribution < 1.29 is 4.79 Å². The van der Waals surface area contributed by atoms with Crippen molar-refractivity contribution in [3.05, 3.63) is 83.7 Å². The molecule has 0 radical (unpaired) electrons. The number of fused-ring (bicyclic) bond motifs is 1. The number of carbonyl (C=O) groups excluding carboxylic acids is 1. The number of aromatic nitrogens is 2. The maximum absolute atomic E-state index is 13.4. The lowest BCUT2D eigenvalue weighted by molar-refractivity contribution is -0.134. The largest absolute Gasteiger partial charge is 0.350 e. The minimum atomic E-state index is -0.0641. The lowest BCUT2D eigenvalue weighted by atomic mass is 9.86. The third-order valence-corrected chi connectivity index (χ3v) is 7.66. The number of nitrogens with one attached hydrogen (secondary N) is 1. The van der Waals surface area contributed by atoms with Crippen LogP contribution in [0.25, 0.3) is 5.69 Å². The van der Waals surface area contributed by atoms with E-state index in [9.17, 15) is 4.79 Å². The van der Waals surface area contributed by atoms with E-state index in [-0.39, 0.29) is 18.0 Å². The molecule has 1 N–H and O–H groups in total. The minimum absolute atomic E-state index is 0.0641. The van der Waals surface area contributed by atoms with Crippen molar-refractivity contribution in [1.82, 2.24) is 20.0 Å². The van der Waals surface area contributed by atoms with Gasteiger partial charge in [-0.1, -0.05) is 63.1 Å². The van der Waals surface area contributed by atoms with Crippen molar-refractivity contribution in [3.63, 3.8) is 0 Å². The molecular weight excluding hydrogens is 408 g/mol. The molecule has 3 aromatic rings. The Morgan fingerprint density at radius 1 is 1.00 bits per heavy atom. The summed E-state index contributed by atoms with van der Waals surface area (Å²) < 4.78 is 1.87. The number of piperazine rings is 1. The zero-order valence-electron chi connectivity index (χ0n) is 19.7. The maximum Gasteiger partial charge on any atom is 0.237 e. The fraction of sp³-hybridized carbons (Fsp3) is 0.429. The molecule has 1 amide bonds. The Bertz CT molecular complexity index is 1050. The van der Waals surface area contributed by atoms with Gasteiger partial charge in [0.05, 0.1) is 11.7 Å². The Morgan fingerprint density at radius 3 is 2.30 bits per heavy atom. The van der Waals surface area contributed by atoms with Crippen LogP contribution in [0.1, 0.15) is 43.4 Å². The van der Waals surface area contributed by atoms with Gasteiger partial charge in [-0.05, 0) is 59.6 Å². The fourth-order valence-corrected chi connectivity index (χ4v) is 5.81. The van der Waals surface area contributed by atoms with Crippen LogP contribution in [0, 0.1) is 11.8 Å². The summed E-state index contributed by atoms with van der Waals surface area (Å²) >= 11 is 0. The van der Waals surface area contributed by atoms with E-state index in [1.807, 2.05) is 16.9 Å². The van der Waals surface area contributed by atoms with E-state index in [0.717, 1.165) is 44.5 Å². The molecule has 33 heavy (non-hydrogen) atoms. The zero-order valence-corrected chi connectivity index (χ0v) is 19.7. The number of amides is 1. The predicted octanol–water partition coefficient (Wildman–Crippen LogP) is 4.39. The lowest BCUT2D eigenvalue weighted by Crippen LogP contribution is -2.63. The van der Waals surface area contributed by atoms with E-state index in [1.54, 1.807) is 6.20 Å². The molecule has 2 aliphatic rings. The Hall–Kier alpha value is -2.92. The molecule has 0 unspecified atom stereocenters. The van der Waals surface area contributed by atoms with Gasteiger partial charge in [-0.2, -0.15) is 5.10 Å². The summed E-state index contributed by atoms with van der Waals surface area (Å²) in [5.74, 6) is 1.05. The van der Waals surface area contributed by atoms with E-state index in [1.165, 1.54) is 16.7 Å². The zero-order chi connectivity index (χ0) is 22.8. The molecule has 2 heterocycles. The molecule has 1 aliphatic heterocycles. The molecule has 0 spiro atoms. The Kier molecular flexibility index (Phi) is 6.32. The molecule has 2 aromatic carbocycles. The van der Waals surface area contributed by atoms with Gasteiger partial charge in [-0.15, -0.1) is 0 Å². The second-order valence-electron chi connectivity index (χ2n) is 9.62. The number of carbonyl (C=O) groups is 1. The smallest absolute Gasteiger partial charge is 0.237 e. The molecule has 1 fully saturated rings. The first-order valence-corrected chi connectivity index (χ1v) is 12.4. The average Bonchev–Trinajstić information content (AvgIpc) is 3.52. The highest BCUT2D eigenvalue weighted by molar-refractivity contribution is 5.83. The van der Waals surface area contributed by atoms with Crippen LogP contribution in [0.4, 0.5) is 0 Å². The quantitative estimate of drug-likeness (QED) is 0.590. The van der Waals surface area contributed by atoms with Gasteiger partial charge in [0.25, 0.3) is 0 Å². The predicted molar refractivity (Wildman–Crippen MR) is 131 cm³/mol. The lowest BCUT2D eigenvalue weighted by Gasteiger charge is -2.44. The van der Waals surface area contributed by atoms with Gasteiger partial charge < -0.3 is 5.32 Å². The van der Waals surface area contributed by atoms with Crippen LogP contribution in [0.2, 0.25) is 0 Å². The molecule has 0 saturated carbocycles. The van der Waals surface area contributed by atoms with E-state index in [2.05, 4.69) is 77.7 Å². The highest BCUT2D eigenvalue weighted by atomic mass is 16.2. The Morgan fingerprint density at radius 2 is 1.70 bits per heavy atom. The summed E-state index contributed by atoms with van der Waals surface area (Å²) in [5, 5.41) is 7.77. The number of hydrogen-bond acceptors (Lipinski definition) is 3. The second kappa shape index (κ2) is 9.52. The Labute approximate surface area is 196 Å². The maximum atomic E-state index is 13.4. The van der Waals surface area contributed by atoms with E-state index < -0.39 is 0 Å². The molecule has 1 aliphatic carbocycles. The molecule has 1 saturated heterocycles. The van der Waals surface area contributed by atoms with Gasteiger partial charge in [-0.25, -0.2) is 4.68 Å². The van der Waals surface area contributed by atoms with Crippen LogP contribution in [0.5, 0.6) is 0 Å². The number of nitrogens with zero attached hydrogens (tertiary/aromatic N) is 3. The standard InChI is InChI=1S/C28H34N4O/c1-3-21(4-2)27-28(33)30-26(24-16-22-8-5-6-9-23(22)17-24)19-31(27)18-20-10-12-25(13-11-20)32-15-7-14-29-32/h5-15,21,24,26-27H,3-4,16-19H2,1-2H3,(H,30,33)/t26-,27+/m0/s1. The summed E-state index contributed by atoms with van der Waals surface area (Å²) in [6, 6.07) is 19.4. The van der Waals surface area contributed by atoms with Crippen LogP contribution in [-0.2, 0) is 24.2 Å². The molecule has 2 atom stereocenters. The summed E-state index contributed by atoms with van der Waals surface area (Å²) in [4.78, 5) is 15.9. The number of rotatable bonds is 7. The third kappa shape index (κ3) is 4.47. The third-order valence-electron chi connectivity index (χ3n) is 7.66. The number of benzene rings is 2. The molecular formula is C28H34N4O. The monoisotopic (exact) mass is 442 g/mol. The topological polar surface area (TPSA) is 50.2 Å². The summed E-state index contributed by atoms with van der Waals surface area (Å²) in [6.07, 6.45) is 7.90. The van der Waals surface area contributed by atoms with Crippen molar-refractivity contribution in [3.8, 4) is 5.69 Å². The molecule has 172 valence electrons. The number of hydrogen-bond donors (Lipinski definition) is 1. The fourth-order valence-electron chi connectivity index (χ4n) is 5.81. The SMILES string of the molecule is CCC(CC)[C@@H]1C(=O)N[C@H](C2Cc3ccccc3C2)CN1Cc1ccc(-n2cccn2)cc1. The first-order valence-electron chi connectivity index (χ1n) is 12.4. The van der Waals surface area contributed by atoms with Gasteiger partial charge in [0, 0.05) is 31.5 Å². The first-order chi connectivity index (χ1) is 16.2. The summed E-state index contributed by atoms with van der Waals surface area (Å²) in [6.45, 7) is 6.12. The normalized spacial score (nSPS) is 21.4. The van der Waals surface area contributed by atoms with Crippen molar-refractivity contribution in [2.24, 2.45) is 11.8 Å². The molecule has 1 aromatic heterocycles. The van der Waals surface area contributed by atoms with Crippen molar-refractivity contribution in [2.75, 3.05) is 6.54 Å². The van der Waals surface area contributed by atoms with E-state index in [0.29, 0.717) is 11.8 Å². The van der Waals surface area contributed by atoms with Gasteiger partial charge in [0.15, 0.2) is 0 Å². The molecule has 0 bridgehead atoms. The van der Waals surface area contributed by atoms with Crippen LogP contribution in [0.3, 0.4) is 0 Å². The average molecular weight is 443 g/mol. The molecule has 5 heteroatoms. The summed E-state index contributed by atoms with van der Waals surface area (Å²) in [5.41, 5.74) is 5.18. The van der Waals surface area contributed by atoms with E-state index in [4.69, 9.17) is 0 Å². The van der Waals surface area contributed by atoms with Crippen molar-refractivity contribution >= 4 is 5.91 Å². The highest BCUT2D eigenvalue weighted by Gasteiger charge is 2.41. The van der Waals surface area contributed by atoms with Crippen LogP contribution >= 0.6 is 0 Å². The van der Waals surface area contributed by atoms with Crippen LogP contribution in [0.15, 0.2) is 67.0 Å². The van der Waals surface area contributed by atoms with Gasteiger partial charge in [0.2, 0.25) is 5.91 Å². The van der Waals surface area contributed by atoms with Crippen LogP contribution < -0.4 is 5.32 Å². The van der Waals surface area contributed by atoms with Crippen molar-refractivity contribution in [1.29, 1.82) is 0 Å². The first kappa shape index (κ1) is 21.9. The second-order valence-corrected chi connectivity index (χ2v) is 9.62. The van der Waals surface area contributed by atoms with Gasteiger partial charge in [-0.3, -0.25) is 9.69 Å². The summed E-state index contributed by atoms with van der Waals surface area (Å²) in [7, 11) is 0. The van der Waals surface area contributed by atoms with E-state index >= 15 is 0 Å². The molecule has 5 rings (SSSR count). The minimum Gasteiger partial charge on any atom is -0.350 e. The van der Waals surface area contributed by atoms with Gasteiger partial charge >= 0.3 is 0 Å². The Balaban J connectivity index is 1.36. The van der Waals surface area contributed by atoms with Gasteiger partial charge in [0.1, 0.15) is 0 Å². The highest BCUT2D eigenvalue weighted by Crippen LogP contribution is 2.32.